The first-order valence-electron chi connectivity index (χ1n) is 14.2. The maximum absolute atomic E-state index is 11.5. The highest BCUT2D eigenvalue weighted by Gasteiger charge is 2.62. The van der Waals surface area contributed by atoms with Crippen LogP contribution in [-0.2, 0) is 9.53 Å². The summed E-state index contributed by atoms with van der Waals surface area (Å²) in [6.45, 7) is 21.8. The average molecular weight is 485 g/mol. The molecule has 35 heavy (non-hydrogen) atoms. The molecule has 3 heteroatoms. The summed E-state index contributed by atoms with van der Waals surface area (Å²) in [4.78, 5) is 11.5. The molecule has 0 amide bonds. The first-order valence-corrected chi connectivity index (χ1v) is 14.2. The van der Waals surface area contributed by atoms with Gasteiger partial charge in [0.05, 0.1) is 6.61 Å². The number of hydrogen-bond donors (Lipinski definition) is 1. The van der Waals surface area contributed by atoms with Crippen LogP contribution in [0.4, 0.5) is 0 Å². The van der Waals surface area contributed by atoms with Crippen LogP contribution in [0.5, 0.6) is 0 Å². The minimum atomic E-state index is -0.504. The van der Waals surface area contributed by atoms with Crippen molar-refractivity contribution >= 4 is 5.97 Å². The van der Waals surface area contributed by atoms with Crippen molar-refractivity contribution in [1.82, 2.24) is 0 Å². The average Bonchev–Trinajstić information content (AvgIpc) is 3.30. The molecule has 0 spiro atoms. The molecular weight excluding hydrogens is 432 g/mol. The molecule has 0 radical (unpaired) electrons. The van der Waals surface area contributed by atoms with Crippen LogP contribution in [0.2, 0.25) is 0 Å². The summed E-state index contributed by atoms with van der Waals surface area (Å²) in [6.07, 6.45) is 15.5. The third-order valence-corrected chi connectivity index (χ3v) is 10.3. The number of rotatable bonds is 11. The Labute approximate surface area is 215 Å². The third kappa shape index (κ3) is 5.50. The van der Waals surface area contributed by atoms with Crippen molar-refractivity contribution in [2.24, 2.45) is 46.3 Å². The van der Waals surface area contributed by atoms with Crippen LogP contribution in [0.3, 0.4) is 0 Å². The lowest BCUT2D eigenvalue weighted by Crippen LogP contribution is -2.34. The molecule has 0 bridgehead atoms. The molecule has 0 saturated heterocycles. The Bertz CT molecular complexity index is 847. The molecule has 0 aliphatic heterocycles. The van der Waals surface area contributed by atoms with Crippen molar-refractivity contribution in [2.75, 3.05) is 6.61 Å². The van der Waals surface area contributed by atoms with Gasteiger partial charge in [-0.15, -0.1) is 0 Å². The van der Waals surface area contributed by atoms with Crippen LogP contribution in [0.1, 0.15) is 100 Å². The van der Waals surface area contributed by atoms with Gasteiger partial charge in [-0.05, 0) is 81.5 Å². The molecule has 3 nitrogen and oxygen atoms in total. The Hall–Kier alpha value is -1.35. The number of hydrogen-bond acceptors (Lipinski definition) is 3. The Kier molecular flexibility index (Phi) is 8.52. The van der Waals surface area contributed by atoms with E-state index in [1.54, 1.807) is 5.57 Å². The number of aliphatic hydroxyl groups excluding tert-OH is 1. The summed E-state index contributed by atoms with van der Waals surface area (Å²) >= 11 is 0. The van der Waals surface area contributed by atoms with Crippen molar-refractivity contribution < 1.29 is 14.6 Å². The molecule has 3 aliphatic rings. The van der Waals surface area contributed by atoms with Crippen molar-refractivity contribution in [3.05, 3.63) is 36.0 Å². The van der Waals surface area contributed by atoms with Gasteiger partial charge in [0.2, 0.25) is 0 Å². The number of carbonyl (C=O) groups is 1. The van der Waals surface area contributed by atoms with Crippen LogP contribution >= 0.6 is 0 Å². The summed E-state index contributed by atoms with van der Waals surface area (Å²) in [7, 11) is 0. The number of aliphatic hydroxyl groups is 1. The standard InChI is InChI=1S/C32H52O3/c1-10-11-25(18-27(20-33)32-19-26(32)15-14-23(32)4)29-17-16-28(30(29,6)7)21(2)12-13-22(3)31(8,9)35-24(5)34/h12-13,18,21-22,26-29,33H,4,10-11,14-17,19-20H2,1-3,5-9H3/b13-12+,25-18+/t21-,22+,26-,27+,28-,29+,32?/m1/s1. The fraction of sp³-hybridized carbons (Fsp3) is 0.781. The molecule has 7 atom stereocenters. The predicted molar refractivity (Wildman–Crippen MR) is 146 cm³/mol. The normalized spacial score (nSPS) is 33.0. The van der Waals surface area contributed by atoms with Gasteiger partial charge in [0, 0.05) is 24.2 Å². The summed E-state index contributed by atoms with van der Waals surface area (Å²) in [5.74, 6) is 2.55. The predicted octanol–water partition coefficient (Wildman–Crippen LogP) is 7.90. The smallest absolute Gasteiger partial charge is 0.303 e. The van der Waals surface area contributed by atoms with Gasteiger partial charge in [-0.25, -0.2) is 0 Å². The van der Waals surface area contributed by atoms with Gasteiger partial charge < -0.3 is 9.84 Å². The Balaban J connectivity index is 1.77. The van der Waals surface area contributed by atoms with Gasteiger partial charge in [0.1, 0.15) is 5.60 Å². The van der Waals surface area contributed by atoms with E-state index in [2.05, 4.69) is 59.4 Å². The van der Waals surface area contributed by atoms with Gasteiger partial charge in [-0.1, -0.05) is 77.0 Å². The molecule has 3 aliphatic carbocycles. The summed E-state index contributed by atoms with van der Waals surface area (Å²) in [5, 5.41) is 10.4. The topological polar surface area (TPSA) is 46.5 Å². The maximum atomic E-state index is 11.5. The van der Waals surface area contributed by atoms with Gasteiger partial charge in [-0.2, -0.15) is 0 Å². The van der Waals surface area contributed by atoms with Crippen molar-refractivity contribution in [2.45, 2.75) is 106 Å². The van der Waals surface area contributed by atoms with E-state index >= 15 is 0 Å². The molecule has 3 fully saturated rings. The molecule has 0 aromatic carbocycles. The highest BCUT2D eigenvalue weighted by atomic mass is 16.6. The van der Waals surface area contributed by atoms with E-state index in [4.69, 9.17) is 4.74 Å². The number of carbonyl (C=O) groups excluding carboxylic acids is 1. The molecule has 0 heterocycles. The minimum absolute atomic E-state index is 0.153. The number of fused-ring (bicyclic) bond motifs is 1. The van der Waals surface area contributed by atoms with Crippen LogP contribution < -0.4 is 0 Å². The van der Waals surface area contributed by atoms with Crippen molar-refractivity contribution in [3.8, 4) is 0 Å². The van der Waals surface area contributed by atoms with Crippen LogP contribution in [0.25, 0.3) is 0 Å². The molecule has 3 saturated carbocycles. The SMILES string of the molecule is C=C1CC[C@@H]2CC12[C@@H](/C=C(\CCC)[C@@H]1CC[C@H]([C@H](C)/C=C/[C@H](C)C(C)(C)OC(C)=O)C1(C)C)CO. The molecular formula is C32H52O3. The largest absolute Gasteiger partial charge is 0.459 e. The van der Waals surface area contributed by atoms with Gasteiger partial charge in [0.25, 0.3) is 0 Å². The summed E-state index contributed by atoms with van der Waals surface area (Å²) in [6, 6.07) is 0. The lowest BCUT2D eigenvalue weighted by atomic mass is 9.67. The van der Waals surface area contributed by atoms with E-state index in [-0.39, 0.29) is 35.2 Å². The zero-order chi connectivity index (χ0) is 26.2. The van der Waals surface area contributed by atoms with E-state index < -0.39 is 5.60 Å². The quantitative estimate of drug-likeness (QED) is 0.239. The first-order chi connectivity index (χ1) is 16.3. The summed E-state index contributed by atoms with van der Waals surface area (Å²) < 4.78 is 5.56. The van der Waals surface area contributed by atoms with Crippen molar-refractivity contribution in [1.29, 1.82) is 0 Å². The highest BCUT2D eigenvalue weighted by Crippen LogP contribution is 2.70. The molecule has 0 aromatic heterocycles. The van der Waals surface area contributed by atoms with E-state index in [0.717, 1.165) is 25.2 Å². The minimum Gasteiger partial charge on any atom is -0.459 e. The van der Waals surface area contributed by atoms with Crippen molar-refractivity contribution in [3.63, 3.8) is 0 Å². The molecule has 198 valence electrons. The zero-order valence-electron chi connectivity index (χ0n) is 23.8. The monoisotopic (exact) mass is 484 g/mol. The lowest BCUT2D eigenvalue weighted by molar-refractivity contribution is -0.156. The Morgan fingerprint density at radius 3 is 2.43 bits per heavy atom. The zero-order valence-corrected chi connectivity index (χ0v) is 23.8. The fourth-order valence-corrected chi connectivity index (χ4v) is 7.85. The van der Waals surface area contributed by atoms with Crippen LogP contribution in [0.15, 0.2) is 36.0 Å². The fourth-order valence-electron chi connectivity index (χ4n) is 7.85. The first kappa shape index (κ1) is 28.2. The second-order valence-corrected chi connectivity index (χ2v) is 13.2. The Morgan fingerprint density at radius 2 is 1.91 bits per heavy atom. The second kappa shape index (κ2) is 10.6. The van der Waals surface area contributed by atoms with Gasteiger partial charge >= 0.3 is 5.97 Å². The lowest BCUT2D eigenvalue weighted by Gasteiger charge is -2.38. The third-order valence-electron chi connectivity index (χ3n) is 10.3. The van der Waals surface area contributed by atoms with E-state index in [0.29, 0.717) is 17.8 Å². The summed E-state index contributed by atoms with van der Waals surface area (Å²) in [5.41, 5.74) is 2.86. The number of ether oxygens (including phenoxy) is 1. The van der Waals surface area contributed by atoms with E-state index in [1.807, 2.05) is 13.8 Å². The second-order valence-electron chi connectivity index (χ2n) is 13.2. The number of esters is 1. The Morgan fingerprint density at radius 1 is 1.23 bits per heavy atom. The van der Waals surface area contributed by atoms with Gasteiger partial charge in [0.15, 0.2) is 0 Å². The molecule has 1 N–H and O–H groups in total. The van der Waals surface area contributed by atoms with Crippen LogP contribution in [-0.4, -0.2) is 23.3 Å². The molecule has 3 rings (SSSR count). The molecule has 0 aromatic rings. The van der Waals surface area contributed by atoms with Crippen LogP contribution in [0, 0.1) is 46.3 Å². The van der Waals surface area contributed by atoms with E-state index in [9.17, 15) is 9.90 Å². The van der Waals surface area contributed by atoms with Gasteiger partial charge in [-0.3, -0.25) is 4.79 Å². The maximum Gasteiger partial charge on any atom is 0.303 e. The van der Waals surface area contributed by atoms with E-state index in [1.165, 1.54) is 38.2 Å². The molecule has 1 unspecified atom stereocenters. The number of allylic oxidation sites excluding steroid dienone is 3. The highest BCUT2D eigenvalue weighted by molar-refractivity contribution is 5.66.